The second kappa shape index (κ2) is 7.23. The molecule has 0 aliphatic heterocycles. The van der Waals surface area contributed by atoms with Gasteiger partial charge < -0.3 is 14.6 Å². The van der Waals surface area contributed by atoms with Crippen molar-refractivity contribution < 1.29 is 4.74 Å². The van der Waals surface area contributed by atoms with Crippen molar-refractivity contribution in [1.82, 2.24) is 14.9 Å². The quantitative estimate of drug-likeness (QED) is 0.832. The van der Waals surface area contributed by atoms with Crippen LogP contribution in [0.3, 0.4) is 0 Å². The maximum Gasteiger partial charge on any atom is 0.128 e. The lowest BCUT2D eigenvalue weighted by Gasteiger charge is -2.42. The summed E-state index contributed by atoms with van der Waals surface area (Å²) in [6, 6.07) is 0.197. The largest absolute Gasteiger partial charge is 0.376 e. The molecule has 2 rings (SSSR count). The summed E-state index contributed by atoms with van der Waals surface area (Å²) in [7, 11) is 1.87. The van der Waals surface area contributed by atoms with E-state index in [1.165, 1.54) is 19.3 Å². The number of hydrogen-bond acceptors (Lipinski definition) is 3. The normalized spacial score (nSPS) is 19.9. The summed E-state index contributed by atoms with van der Waals surface area (Å²) >= 11 is 0. The molecule has 20 heavy (non-hydrogen) atoms. The van der Waals surface area contributed by atoms with E-state index in [1.807, 2.05) is 13.3 Å². The number of nitrogens with zero attached hydrogens (tertiary/aromatic N) is 2. The van der Waals surface area contributed by atoms with Gasteiger partial charge in [0.1, 0.15) is 5.82 Å². The highest BCUT2D eigenvalue weighted by Gasteiger charge is 2.42. The average molecular weight is 279 g/mol. The topological polar surface area (TPSA) is 39.1 Å². The Balaban J connectivity index is 2.30. The van der Waals surface area contributed by atoms with E-state index in [2.05, 4.69) is 34.9 Å². The third-order valence-corrected chi connectivity index (χ3v) is 4.58. The highest BCUT2D eigenvalue weighted by molar-refractivity contribution is 5.09. The van der Waals surface area contributed by atoms with E-state index in [9.17, 15) is 0 Å². The number of ether oxygens (including phenoxy) is 1. The molecule has 0 spiro atoms. The van der Waals surface area contributed by atoms with Crippen LogP contribution in [0.4, 0.5) is 0 Å². The van der Waals surface area contributed by atoms with Crippen molar-refractivity contribution >= 4 is 0 Å². The van der Waals surface area contributed by atoms with Crippen LogP contribution in [0.15, 0.2) is 12.4 Å². The fourth-order valence-electron chi connectivity index (χ4n) is 3.41. The van der Waals surface area contributed by atoms with E-state index in [0.29, 0.717) is 0 Å². The van der Waals surface area contributed by atoms with Crippen molar-refractivity contribution in [2.75, 3.05) is 13.7 Å². The van der Waals surface area contributed by atoms with Crippen molar-refractivity contribution in [2.45, 2.75) is 70.6 Å². The van der Waals surface area contributed by atoms with Gasteiger partial charge in [-0.15, -0.1) is 0 Å². The molecule has 1 aliphatic carbocycles. The average Bonchev–Trinajstić information content (AvgIpc) is 2.97. The fourth-order valence-corrected chi connectivity index (χ4v) is 3.41. The van der Waals surface area contributed by atoms with Crippen LogP contribution >= 0.6 is 0 Å². The van der Waals surface area contributed by atoms with Gasteiger partial charge >= 0.3 is 0 Å². The zero-order valence-corrected chi connectivity index (χ0v) is 13.2. The summed E-state index contributed by atoms with van der Waals surface area (Å²) in [5.41, 5.74) is -0.0916. The lowest BCUT2D eigenvalue weighted by molar-refractivity contribution is -0.0714. The molecule has 1 fully saturated rings. The molecule has 1 atom stereocenters. The zero-order valence-electron chi connectivity index (χ0n) is 13.2. The number of methoxy groups -OCH3 is 1. The molecule has 0 aromatic carbocycles. The molecular formula is C16H29N3O. The summed E-state index contributed by atoms with van der Waals surface area (Å²) in [6.07, 6.45) is 11.2. The van der Waals surface area contributed by atoms with E-state index in [4.69, 9.17) is 4.74 Å². The van der Waals surface area contributed by atoms with Gasteiger partial charge in [-0.3, -0.25) is 0 Å². The van der Waals surface area contributed by atoms with Gasteiger partial charge in [-0.1, -0.05) is 26.2 Å². The Morgan fingerprint density at radius 1 is 1.35 bits per heavy atom. The van der Waals surface area contributed by atoms with Crippen molar-refractivity contribution in [1.29, 1.82) is 0 Å². The van der Waals surface area contributed by atoms with Crippen LogP contribution in [0.1, 0.15) is 64.2 Å². The standard InChI is InChI=1S/C16H29N3O/c1-4-11-17-14(15-18-12-13-19(15)5-2)16(20-3)9-7-6-8-10-16/h12-14,17H,4-11H2,1-3H3. The van der Waals surface area contributed by atoms with Crippen LogP contribution in [-0.2, 0) is 11.3 Å². The molecule has 4 nitrogen and oxygen atoms in total. The SMILES string of the molecule is CCCNC(c1nccn1CC)C1(OC)CCCCC1. The Kier molecular flexibility index (Phi) is 5.61. The van der Waals surface area contributed by atoms with Gasteiger partial charge in [0.2, 0.25) is 0 Å². The van der Waals surface area contributed by atoms with Crippen LogP contribution in [0, 0.1) is 0 Å². The van der Waals surface area contributed by atoms with E-state index in [-0.39, 0.29) is 11.6 Å². The van der Waals surface area contributed by atoms with E-state index in [1.54, 1.807) is 0 Å². The number of nitrogens with one attached hydrogen (secondary N) is 1. The number of rotatable bonds is 7. The Labute approximate surface area is 122 Å². The van der Waals surface area contributed by atoms with Crippen molar-refractivity contribution in [3.05, 3.63) is 18.2 Å². The predicted octanol–water partition coefficient (Wildman–Crippen LogP) is 3.29. The van der Waals surface area contributed by atoms with Gasteiger partial charge in [0.05, 0.1) is 11.6 Å². The second-order valence-electron chi connectivity index (χ2n) is 5.79. The molecular weight excluding hydrogens is 250 g/mol. The molecule has 0 amide bonds. The Morgan fingerprint density at radius 3 is 2.70 bits per heavy atom. The van der Waals surface area contributed by atoms with Crippen LogP contribution in [0.25, 0.3) is 0 Å². The summed E-state index contributed by atoms with van der Waals surface area (Å²) in [4.78, 5) is 4.63. The predicted molar refractivity (Wildman–Crippen MR) is 81.8 cm³/mol. The van der Waals surface area contributed by atoms with Crippen molar-refractivity contribution in [2.24, 2.45) is 0 Å². The molecule has 0 radical (unpaired) electrons. The molecule has 1 N–H and O–H groups in total. The smallest absolute Gasteiger partial charge is 0.128 e. The third-order valence-electron chi connectivity index (χ3n) is 4.58. The molecule has 1 unspecified atom stereocenters. The first-order chi connectivity index (χ1) is 9.77. The number of aromatic nitrogens is 2. The molecule has 0 bridgehead atoms. The minimum absolute atomic E-state index is 0.0916. The molecule has 1 aromatic rings. The van der Waals surface area contributed by atoms with Crippen molar-refractivity contribution in [3.8, 4) is 0 Å². The summed E-state index contributed by atoms with van der Waals surface area (Å²) < 4.78 is 8.28. The van der Waals surface area contributed by atoms with Gasteiger partial charge in [0.15, 0.2) is 0 Å². The number of hydrogen-bond donors (Lipinski definition) is 1. The van der Waals surface area contributed by atoms with Crippen LogP contribution < -0.4 is 5.32 Å². The zero-order chi connectivity index (χ0) is 14.4. The van der Waals surface area contributed by atoms with Gasteiger partial charge in [0.25, 0.3) is 0 Å². The minimum Gasteiger partial charge on any atom is -0.376 e. The van der Waals surface area contributed by atoms with Gasteiger partial charge in [-0.2, -0.15) is 0 Å². The first-order valence-corrected chi connectivity index (χ1v) is 8.07. The number of aryl methyl sites for hydroxylation is 1. The molecule has 1 aromatic heterocycles. The van der Waals surface area contributed by atoms with Crippen LogP contribution in [-0.4, -0.2) is 28.8 Å². The van der Waals surface area contributed by atoms with Crippen LogP contribution in [0.5, 0.6) is 0 Å². The Morgan fingerprint density at radius 2 is 2.10 bits per heavy atom. The maximum atomic E-state index is 6.05. The summed E-state index contributed by atoms with van der Waals surface area (Å²) in [5, 5.41) is 3.70. The van der Waals surface area contributed by atoms with E-state index < -0.39 is 0 Å². The Bertz CT molecular complexity index is 396. The highest BCUT2D eigenvalue weighted by atomic mass is 16.5. The molecule has 1 heterocycles. The maximum absolute atomic E-state index is 6.05. The number of imidazole rings is 1. The molecule has 0 saturated heterocycles. The fraction of sp³-hybridized carbons (Fsp3) is 0.812. The second-order valence-corrected chi connectivity index (χ2v) is 5.79. The van der Waals surface area contributed by atoms with Crippen molar-refractivity contribution in [3.63, 3.8) is 0 Å². The first kappa shape index (κ1) is 15.5. The molecule has 1 saturated carbocycles. The van der Waals surface area contributed by atoms with Gasteiger partial charge in [-0.05, 0) is 32.7 Å². The van der Waals surface area contributed by atoms with Crippen LogP contribution in [0.2, 0.25) is 0 Å². The van der Waals surface area contributed by atoms with Gasteiger partial charge in [0, 0.05) is 26.0 Å². The van der Waals surface area contributed by atoms with E-state index >= 15 is 0 Å². The molecule has 4 heteroatoms. The summed E-state index contributed by atoms with van der Waals surface area (Å²) in [6.45, 7) is 6.34. The highest BCUT2D eigenvalue weighted by Crippen LogP contribution is 2.40. The third kappa shape index (κ3) is 3.07. The lowest BCUT2D eigenvalue weighted by Crippen LogP contribution is -2.48. The van der Waals surface area contributed by atoms with E-state index in [0.717, 1.165) is 38.2 Å². The minimum atomic E-state index is -0.0916. The lowest BCUT2D eigenvalue weighted by atomic mass is 9.78. The Hall–Kier alpha value is -0.870. The summed E-state index contributed by atoms with van der Waals surface area (Å²) in [5.74, 6) is 1.13. The first-order valence-electron chi connectivity index (χ1n) is 8.07. The monoisotopic (exact) mass is 279 g/mol. The van der Waals surface area contributed by atoms with Gasteiger partial charge in [-0.25, -0.2) is 4.98 Å². The molecule has 114 valence electrons. The molecule has 1 aliphatic rings.